The average molecular weight is 381 g/mol. The van der Waals surface area contributed by atoms with Crippen LogP contribution in [0.4, 0.5) is 5.82 Å². The molecule has 3 heterocycles. The summed E-state index contributed by atoms with van der Waals surface area (Å²) >= 11 is 12.5. The number of pyridine rings is 1. The Labute approximate surface area is 158 Å². The third-order valence-electron chi connectivity index (χ3n) is 5.10. The lowest BCUT2D eigenvalue weighted by atomic mass is 10.1. The molecule has 6 heteroatoms. The number of hydrogen-bond donors (Lipinski definition) is 0. The summed E-state index contributed by atoms with van der Waals surface area (Å²) in [7, 11) is 0. The first-order valence-electron chi connectivity index (χ1n) is 8.90. The molecular weight excluding hydrogens is 359 g/mol. The van der Waals surface area contributed by atoms with Crippen LogP contribution < -0.4 is 4.90 Å². The maximum atomic E-state index is 6.30. The van der Waals surface area contributed by atoms with Crippen molar-refractivity contribution in [3.05, 3.63) is 34.3 Å². The Balaban J connectivity index is 1.38. The Hall–Kier alpha value is -1.07. The van der Waals surface area contributed by atoms with E-state index in [9.17, 15) is 0 Å². The summed E-state index contributed by atoms with van der Waals surface area (Å²) in [6.07, 6.45) is 3.52. The van der Waals surface area contributed by atoms with Gasteiger partial charge in [-0.05, 0) is 43.5 Å². The van der Waals surface area contributed by atoms with Crippen molar-refractivity contribution in [1.29, 1.82) is 0 Å². The average Bonchev–Trinajstić information content (AvgIpc) is 3.17. The monoisotopic (exact) mass is 380 g/mol. The van der Waals surface area contributed by atoms with Gasteiger partial charge in [-0.15, -0.1) is 0 Å². The Morgan fingerprint density at radius 2 is 1.88 bits per heavy atom. The first-order chi connectivity index (χ1) is 12.2. The highest BCUT2D eigenvalue weighted by atomic mass is 35.5. The van der Waals surface area contributed by atoms with E-state index in [1.165, 1.54) is 0 Å². The summed E-state index contributed by atoms with van der Waals surface area (Å²) in [4.78, 5) is 7.05. The number of piperidine rings is 1. The maximum absolute atomic E-state index is 6.30. The highest BCUT2D eigenvalue weighted by Crippen LogP contribution is 2.31. The van der Waals surface area contributed by atoms with Gasteiger partial charge in [0.25, 0.3) is 0 Å². The van der Waals surface area contributed by atoms with Crippen molar-refractivity contribution in [2.75, 3.05) is 37.8 Å². The Morgan fingerprint density at radius 1 is 1.08 bits per heavy atom. The molecule has 2 fully saturated rings. The van der Waals surface area contributed by atoms with Gasteiger partial charge in [0.2, 0.25) is 0 Å². The molecule has 0 saturated carbocycles. The molecule has 4 rings (SSSR count). The van der Waals surface area contributed by atoms with Gasteiger partial charge in [-0.3, -0.25) is 0 Å². The summed E-state index contributed by atoms with van der Waals surface area (Å²) < 4.78 is 11.5. The van der Waals surface area contributed by atoms with E-state index in [2.05, 4.69) is 4.90 Å². The number of halogens is 2. The molecule has 2 aliphatic rings. The van der Waals surface area contributed by atoms with Crippen molar-refractivity contribution >= 4 is 39.9 Å². The van der Waals surface area contributed by atoms with E-state index in [1.54, 1.807) is 6.07 Å². The number of fused-ring (bicyclic) bond motifs is 1. The minimum absolute atomic E-state index is 0.343. The molecule has 0 aliphatic carbocycles. The fourth-order valence-corrected chi connectivity index (χ4v) is 3.98. The molecule has 2 aliphatic heterocycles. The van der Waals surface area contributed by atoms with Gasteiger partial charge in [-0.2, -0.15) is 0 Å². The van der Waals surface area contributed by atoms with E-state index >= 15 is 0 Å². The van der Waals surface area contributed by atoms with E-state index in [4.69, 9.17) is 37.7 Å². The topological polar surface area (TPSA) is 34.6 Å². The van der Waals surface area contributed by atoms with Crippen LogP contribution in [0.25, 0.3) is 10.9 Å². The van der Waals surface area contributed by atoms with Crippen molar-refractivity contribution in [1.82, 2.24) is 4.98 Å². The van der Waals surface area contributed by atoms with Gasteiger partial charge in [0.1, 0.15) is 5.82 Å². The molecule has 134 valence electrons. The normalized spacial score (nSPS) is 22.0. The predicted octanol–water partition coefficient (Wildman–Crippen LogP) is 4.56. The summed E-state index contributed by atoms with van der Waals surface area (Å²) in [6, 6.07) is 7.65. The molecule has 1 aromatic heterocycles. The van der Waals surface area contributed by atoms with Crippen molar-refractivity contribution < 1.29 is 9.47 Å². The number of benzene rings is 1. The smallest absolute Gasteiger partial charge is 0.129 e. The Morgan fingerprint density at radius 3 is 2.64 bits per heavy atom. The first kappa shape index (κ1) is 17.3. The van der Waals surface area contributed by atoms with Gasteiger partial charge >= 0.3 is 0 Å². The van der Waals surface area contributed by atoms with Crippen molar-refractivity contribution in [2.45, 2.75) is 25.4 Å². The van der Waals surface area contributed by atoms with Crippen molar-refractivity contribution in [3.63, 3.8) is 0 Å². The minimum atomic E-state index is 0.343. The van der Waals surface area contributed by atoms with Gasteiger partial charge in [-0.1, -0.05) is 23.2 Å². The highest BCUT2D eigenvalue weighted by molar-refractivity contribution is 6.39. The number of anilines is 1. The van der Waals surface area contributed by atoms with Crippen LogP contribution in [0.2, 0.25) is 10.0 Å². The summed E-state index contributed by atoms with van der Waals surface area (Å²) in [6.45, 7) is 4.45. The van der Waals surface area contributed by atoms with E-state index in [0.717, 1.165) is 68.9 Å². The van der Waals surface area contributed by atoms with Gasteiger partial charge in [-0.25, -0.2) is 4.98 Å². The van der Waals surface area contributed by atoms with E-state index in [1.807, 2.05) is 18.2 Å². The predicted molar refractivity (Wildman–Crippen MR) is 102 cm³/mol. The number of aromatic nitrogens is 1. The van der Waals surface area contributed by atoms with Crippen LogP contribution >= 0.6 is 23.2 Å². The largest absolute Gasteiger partial charge is 0.381 e. The second-order valence-corrected chi connectivity index (χ2v) is 7.66. The van der Waals surface area contributed by atoms with Crippen LogP contribution in [0.3, 0.4) is 0 Å². The molecule has 0 amide bonds. The van der Waals surface area contributed by atoms with Crippen LogP contribution in [0.1, 0.15) is 19.3 Å². The molecular formula is C19H22Cl2N2O2. The van der Waals surface area contributed by atoms with Gasteiger partial charge in [0.15, 0.2) is 0 Å². The standard InChI is InChI=1S/C19H22Cl2N2O2/c20-16-2-3-17(21)19-15(16)1-4-18(22-19)23-8-5-14(6-9-23)25-12-13-7-10-24-11-13/h1-4,13-14H,5-12H2. The van der Waals surface area contributed by atoms with Crippen LogP contribution in [-0.2, 0) is 9.47 Å². The van der Waals surface area contributed by atoms with Crippen LogP contribution in [0, 0.1) is 5.92 Å². The summed E-state index contributed by atoms with van der Waals surface area (Å²) in [5.74, 6) is 1.53. The number of rotatable bonds is 4. The third-order valence-corrected chi connectivity index (χ3v) is 5.73. The van der Waals surface area contributed by atoms with Crippen LogP contribution in [-0.4, -0.2) is 44.0 Å². The zero-order valence-electron chi connectivity index (χ0n) is 14.1. The second-order valence-electron chi connectivity index (χ2n) is 6.84. The zero-order valence-corrected chi connectivity index (χ0v) is 15.6. The van der Waals surface area contributed by atoms with E-state index < -0.39 is 0 Å². The molecule has 0 bridgehead atoms. The zero-order chi connectivity index (χ0) is 17.2. The molecule has 2 aromatic rings. The van der Waals surface area contributed by atoms with Crippen molar-refractivity contribution in [2.24, 2.45) is 5.92 Å². The molecule has 1 unspecified atom stereocenters. The number of ether oxygens (including phenoxy) is 2. The maximum Gasteiger partial charge on any atom is 0.129 e. The molecule has 4 nitrogen and oxygen atoms in total. The third kappa shape index (κ3) is 3.87. The van der Waals surface area contributed by atoms with E-state index in [-0.39, 0.29) is 0 Å². The lowest BCUT2D eigenvalue weighted by molar-refractivity contribution is 0.0131. The fourth-order valence-electron chi connectivity index (χ4n) is 3.55. The van der Waals surface area contributed by atoms with Crippen LogP contribution in [0.5, 0.6) is 0 Å². The number of hydrogen-bond acceptors (Lipinski definition) is 4. The Bertz CT molecular complexity index is 742. The van der Waals surface area contributed by atoms with Crippen molar-refractivity contribution in [3.8, 4) is 0 Å². The Kier molecular flexibility index (Phi) is 5.32. The highest BCUT2D eigenvalue weighted by Gasteiger charge is 2.23. The molecule has 1 atom stereocenters. The summed E-state index contributed by atoms with van der Waals surface area (Å²) in [5, 5.41) is 2.22. The van der Waals surface area contributed by atoms with Gasteiger partial charge in [0, 0.05) is 31.0 Å². The van der Waals surface area contributed by atoms with Gasteiger partial charge in [0.05, 0.1) is 34.9 Å². The summed E-state index contributed by atoms with van der Waals surface area (Å²) in [5.41, 5.74) is 0.770. The molecule has 0 N–H and O–H groups in total. The SMILES string of the molecule is Clc1ccc(Cl)c2nc(N3CCC(OCC4CCOC4)CC3)ccc12. The number of nitrogens with zero attached hydrogens (tertiary/aromatic N) is 2. The molecule has 25 heavy (non-hydrogen) atoms. The molecule has 0 spiro atoms. The van der Waals surface area contributed by atoms with Crippen LogP contribution in [0.15, 0.2) is 24.3 Å². The quantitative estimate of drug-likeness (QED) is 0.778. The second kappa shape index (κ2) is 7.67. The molecule has 2 saturated heterocycles. The minimum Gasteiger partial charge on any atom is -0.381 e. The lowest BCUT2D eigenvalue weighted by Gasteiger charge is -2.33. The van der Waals surface area contributed by atoms with E-state index in [0.29, 0.717) is 22.1 Å². The molecule has 0 radical (unpaired) electrons. The fraction of sp³-hybridized carbons (Fsp3) is 0.526. The lowest BCUT2D eigenvalue weighted by Crippen LogP contribution is -2.38. The van der Waals surface area contributed by atoms with Gasteiger partial charge < -0.3 is 14.4 Å². The molecule has 1 aromatic carbocycles. The first-order valence-corrected chi connectivity index (χ1v) is 9.65.